The third-order valence-electron chi connectivity index (χ3n) is 4.73. The van der Waals surface area contributed by atoms with E-state index in [1.807, 2.05) is 13.8 Å². The highest BCUT2D eigenvalue weighted by Gasteiger charge is 2.55. The molecule has 3 aliphatic rings. The first-order valence-corrected chi connectivity index (χ1v) is 7.35. The largest absolute Gasteiger partial charge is 0.375 e. The maximum atomic E-state index is 8.87. The number of hydrogen-bond donors (Lipinski definition) is 0. The van der Waals surface area contributed by atoms with Crippen molar-refractivity contribution in [2.75, 3.05) is 6.61 Å². The van der Waals surface area contributed by atoms with Gasteiger partial charge in [0.2, 0.25) is 0 Å². The molecule has 1 aliphatic carbocycles. The van der Waals surface area contributed by atoms with Crippen molar-refractivity contribution >= 4 is 0 Å². The number of ether oxygens (including phenoxy) is 3. The molecule has 20 heavy (non-hydrogen) atoms. The van der Waals surface area contributed by atoms with Crippen molar-refractivity contribution in [2.45, 2.75) is 70.2 Å². The van der Waals surface area contributed by atoms with E-state index in [4.69, 9.17) is 19.7 Å². The zero-order valence-electron chi connectivity index (χ0n) is 12.6. The molecule has 112 valence electrons. The van der Waals surface area contributed by atoms with E-state index in [2.05, 4.69) is 23.9 Å². The van der Waals surface area contributed by atoms with E-state index >= 15 is 0 Å². The first-order chi connectivity index (χ1) is 9.31. The molecule has 0 aromatic carbocycles. The number of hydrogen-bond acceptors (Lipinski definition) is 4. The van der Waals surface area contributed by atoms with Gasteiger partial charge < -0.3 is 14.2 Å². The highest BCUT2D eigenvalue weighted by Crippen LogP contribution is 2.48. The maximum Gasteiger partial charge on any atom is 0.163 e. The van der Waals surface area contributed by atoms with Crippen LogP contribution < -0.4 is 0 Å². The van der Waals surface area contributed by atoms with Crippen molar-refractivity contribution in [1.29, 1.82) is 0 Å². The molecule has 0 radical (unpaired) electrons. The second-order valence-corrected chi connectivity index (χ2v) is 7.27. The van der Waals surface area contributed by atoms with Gasteiger partial charge in [0.05, 0.1) is 30.5 Å². The molecule has 3 fully saturated rings. The molecule has 0 N–H and O–H groups in total. The van der Waals surface area contributed by atoms with E-state index in [-0.39, 0.29) is 23.9 Å². The number of nitrogens with zero attached hydrogens (tertiary/aromatic N) is 3. The van der Waals surface area contributed by atoms with Gasteiger partial charge in [-0.2, -0.15) is 0 Å². The molecule has 0 spiro atoms. The Morgan fingerprint density at radius 3 is 2.55 bits per heavy atom. The topological polar surface area (TPSA) is 76.5 Å². The molecular formula is C14H23N3O3. The molecule has 0 bridgehead atoms. The first-order valence-electron chi connectivity index (χ1n) is 7.35. The Balaban J connectivity index is 1.78. The maximum absolute atomic E-state index is 8.87. The summed E-state index contributed by atoms with van der Waals surface area (Å²) in [5.74, 6) is 0.134. The highest BCUT2D eigenvalue weighted by atomic mass is 16.8. The van der Waals surface area contributed by atoms with E-state index in [0.29, 0.717) is 11.8 Å². The lowest BCUT2D eigenvalue weighted by atomic mass is 9.83. The Hall–Kier alpha value is -0.810. The van der Waals surface area contributed by atoms with Gasteiger partial charge in [0.15, 0.2) is 5.79 Å². The van der Waals surface area contributed by atoms with Gasteiger partial charge in [-0.15, -0.1) is 0 Å². The second-order valence-electron chi connectivity index (χ2n) is 7.27. The summed E-state index contributed by atoms with van der Waals surface area (Å²) in [6.07, 6.45) is 1.81. The second kappa shape index (κ2) is 4.60. The van der Waals surface area contributed by atoms with Crippen LogP contribution in [0.25, 0.3) is 10.4 Å². The Bertz CT molecular complexity index is 445. The third-order valence-corrected chi connectivity index (χ3v) is 4.73. The smallest absolute Gasteiger partial charge is 0.163 e. The van der Waals surface area contributed by atoms with Crippen molar-refractivity contribution in [3.63, 3.8) is 0 Å². The van der Waals surface area contributed by atoms with Crippen LogP contribution in [-0.2, 0) is 14.2 Å². The zero-order chi connectivity index (χ0) is 14.5. The van der Waals surface area contributed by atoms with Crippen molar-refractivity contribution in [1.82, 2.24) is 0 Å². The fourth-order valence-corrected chi connectivity index (χ4v) is 4.03. The van der Waals surface area contributed by atoms with Gasteiger partial charge in [-0.3, -0.25) is 0 Å². The monoisotopic (exact) mass is 281 g/mol. The van der Waals surface area contributed by atoms with Gasteiger partial charge in [-0.1, -0.05) is 5.11 Å². The molecule has 6 heteroatoms. The molecule has 1 unspecified atom stereocenters. The van der Waals surface area contributed by atoms with Crippen LogP contribution in [0.2, 0.25) is 0 Å². The van der Waals surface area contributed by atoms with Crippen molar-refractivity contribution in [3.05, 3.63) is 10.4 Å². The predicted octanol–water partition coefficient (Wildman–Crippen LogP) is 3.02. The molecule has 0 amide bonds. The van der Waals surface area contributed by atoms with E-state index in [1.54, 1.807) is 0 Å². The molecule has 2 aliphatic heterocycles. The highest BCUT2D eigenvalue weighted by molar-refractivity contribution is 5.05. The van der Waals surface area contributed by atoms with E-state index in [0.717, 1.165) is 19.4 Å². The van der Waals surface area contributed by atoms with E-state index in [1.165, 1.54) is 0 Å². The van der Waals surface area contributed by atoms with Crippen LogP contribution in [0.15, 0.2) is 5.11 Å². The predicted molar refractivity (Wildman–Crippen MR) is 73.0 cm³/mol. The van der Waals surface area contributed by atoms with Gasteiger partial charge in [-0.05, 0) is 57.9 Å². The Labute approximate surface area is 119 Å². The minimum atomic E-state index is -0.574. The lowest BCUT2D eigenvalue weighted by molar-refractivity contribution is -0.157. The first kappa shape index (κ1) is 14.1. The normalized spacial score (nSPS) is 45.1. The van der Waals surface area contributed by atoms with E-state index in [9.17, 15) is 0 Å². The number of fused-ring (bicyclic) bond motifs is 1. The fourth-order valence-electron chi connectivity index (χ4n) is 4.03. The van der Waals surface area contributed by atoms with Gasteiger partial charge >= 0.3 is 0 Å². The fraction of sp³-hybridized carbons (Fsp3) is 1.00. The summed E-state index contributed by atoms with van der Waals surface area (Å²) in [5.41, 5.74) is 8.79. The van der Waals surface area contributed by atoms with Gasteiger partial charge in [0, 0.05) is 4.91 Å². The van der Waals surface area contributed by atoms with Crippen LogP contribution in [0, 0.1) is 11.8 Å². The lowest BCUT2D eigenvalue weighted by Crippen LogP contribution is -2.33. The minimum Gasteiger partial charge on any atom is -0.375 e. The average Bonchev–Trinajstić information content (AvgIpc) is 2.91. The van der Waals surface area contributed by atoms with Gasteiger partial charge in [-0.25, -0.2) is 0 Å². The summed E-state index contributed by atoms with van der Waals surface area (Å²) in [6, 6.07) is -0.144. The Kier molecular flexibility index (Phi) is 3.25. The molecule has 5 atom stereocenters. The molecular weight excluding hydrogens is 258 g/mol. The average molecular weight is 281 g/mol. The summed E-state index contributed by atoms with van der Waals surface area (Å²) in [4.78, 5) is 3.03. The van der Waals surface area contributed by atoms with Gasteiger partial charge in [0.1, 0.15) is 0 Å². The van der Waals surface area contributed by atoms with Crippen molar-refractivity contribution in [2.24, 2.45) is 17.0 Å². The zero-order valence-corrected chi connectivity index (χ0v) is 12.6. The molecule has 3 rings (SSSR count). The molecule has 2 heterocycles. The molecule has 2 saturated heterocycles. The van der Waals surface area contributed by atoms with Gasteiger partial charge in [0.25, 0.3) is 0 Å². The molecule has 1 saturated carbocycles. The Morgan fingerprint density at radius 2 is 1.95 bits per heavy atom. The summed E-state index contributed by atoms with van der Waals surface area (Å²) < 4.78 is 17.7. The Morgan fingerprint density at radius 1 is 1.20 bits per heavy atom. The molecule has 0 aromatic rings. The number of rotatable bonds is 2. The standard InChI is InChI=1S/C14H23N3O3/c1-13(2)6-8(7-18-13)9-5-10-12(11(9)16-17-15)20-14(3,4)19-10/h8-12H,5-7H2,1-4H3/t8?,9-,10+,11-,12+/m1/s1. The van der Waals surface area contributed by atoms with E-state index < -0.39 is 5.79 Å². The van der Waals surface area contributed by atoms with Crippen molar-refractivity contribution in [3.8, 4) is 0 Å². The van der Waals surface area contributed by atoms with Crippen molar-refractivity contribution < 1.29 is 14.2 Å². The van der Waals surface area contributed by atoms with Crippen LogP contribution in [0.1, 0.15) is 40.5 Å². The summed E-state index contributed by atoms with van der Waals surface area (Å²) >= 11 is 0. The van der Waals surface area contributed by atoms with Crippen LogP contribution in [0.4, 0.5) is 0 Å². The number of azide groups is 1. The van der Waals surface area contributed by atoms with Crippen LogP contribution in [0.3, 0.4) is 0 Å². The molecule has 6 nitrogen and oxygen atoms in total. The minimum absolute atomic E-state index is 0.0363. The van der Waals surface area contributed by atoms with Crippen LogP contribution in [-0.4, -0.2) is 36.2 Å². The summed E-state index contributed by atoms with van der Waals surface area (Å²) in [6.45, 7) is 8.78. The SMILES string of the molecule is CC1(C)CC([C@H]2C[C@@H]3OC(C)(C)O[C@@H]3[C@@H]2N=[N+]=[N-])CO1. The quantitative estimate of drug-likeness (QED) is 0.443. The molecule has 0 aromatic heterocycles. The lowest BCUT2D eigenvalue weighted by Gasteiger charge is -2.27. The van der Waals surface area contributed by atoms with Crippen LogP contribution in [0.5, 0.6) is 0 Å². The third kappa shape index (κ3) is 2.42. The summed E-state index contributed by atoms with van der Waals surface area (Å²) in [5, 5.41) is 4.03. The summed E-state index contributed by atoms with van der Waals surface area (Å²) in [7, 11) is 0. The van der Waals surface area contributed by atoms with Crippen LogP contribution >= 0.6 is 0 Å².